The zero-order valence-electron chi connectivity index (χ0n) is 52.3. The molecule has 0 spiro atoms. The van der Waals surface area contributed by atoms with Crippen molar-refractivity contribution in [3.05, 3.63) is 24.3 Å². The van der Waals surface area contributed by atoms with E-state index >= 15 is 0 Å². The number of hydrogen-bond donors (Lipinski definition) is 0. The van der Waals surface area contributed by atoms with Crippen LogP contribution in [-0.2, 0) is 28.6 Å². The number of ether oxygens (including phenoxy) is 3. The van der Waals surface area contributed by atoms with Crippen LogP contribution in [-0.4, -0.2) is 37.2 Å². The zero-order chi connectivity index (χ0) is 55.7. The summed E-state index contributed by atoms with van der Waals surface area (Å²) in [6, 6.07) is 0. The van der Waals surface area contributed by atoms with E-state index in [-0.39, 0.29) is 31.1 Å². The molecule has 6 nitrogen and oxygen atoms in total. The van der Waals surface area contributed by atoms with Crippen LogP contribution in [0, 0.1) is 0 Å². The minimum absolute atomic E-state index is 0.0695. The lowest BCUT2D eigenvalue weighted by molar-refractivity contribution is -0.167. The average Bonchev–Trinajstić information content (AvgIpc) is 3.43. The van der Waals surface area contributed by atoms with Crippen LogP contribution in [0.2, 0.25) is 0 Å². The van der Waals surface area contributed by atoms with E-state index in [0.29, 0.717) is 19.3 Å². The molecule has 0 aromatic carbocycles. The van der Waals surface area contributed by atoms with Gasteiger partial charge in [0.2, 0.25) is 0 Å². The Morgan fingerprint density at radius 1 is 0.260 bits per heavy atom. The Labute approximate surface area is 481 Å². The zero-order valence-corrected chi connectivity index (χ0v) is 52.3. The lowest BCUT2D eigenvalue weighted by Gasteiger charge is -2.18. The van der Waals surface area contributed by atoms with Crippen molar-refractivity contribution < 1.29 is 28.6 Å². The maximum Gasteiger partial charge on any atom is 0.306 e. The predicted octanol–water partition coefficient (Wildman–Crippen LogP) is 23.8. The van der Waals surface area contributed by atoms with E-state index in [1.807, 2.05) is 0 Å². The van der Waals surface area contributed by atoms with Gasteiger partial charge in [0.1, 0.15) is 13.2 Å². The first kappa shape index (κ1) is 74.9. The SMILES string of the molecule is CCCC/C=C\C/C=C\CCCCCCCC(=O)OCC(COC(=O)CCCCCCCCCCCCCCCCCCCCCCCCCCCCCCC)OC(=O)CCCCCCCCCCCCCCCCCC. The molecule has 0 aromatic rings. The van der Waals surface area contributed by atoms with E-state index < -0.39 is 6.10 Å². The second kappa shape index (κ2) is 66.4. The fourth-order valence-corrected chi connectivity index (χ4v) is 10.7. The van der Waals surface area contributed by atoms with E-state index in [2.05, 4.69) is 45.1 Å². The fraction of sp³-hybridized carbons (Fsp3) is 0.901. The molecule has 0 rings (SSSR count). The van der Waals surface area contributed by atoms with Crippen molar-refractivity contribution in [2.75, 3.05) is 13.2 Å². The third-order valence-corrected chi connectivity index (χ3v) is 16.0. The van der Waals surface area contributed by atoms with Crippen molar-refractivity contribution in [3.63, 3.8) is 0 Å². The lowest BCUT2D eigenvalue weighted by Crippen LogP contribution is -2.30. The maximum absolute atomic E-state index is 12.9. The van der Waals surface area contributed by atoms with Crippen molar-refractivity contribution in [1.29, 1.82) is 0 Å². The Bertz CT molecular complexity index is 1240. The van der Waals surface area contributed by atoms with Crippen LogP contribution < -0.4 is 0 Å². The number of carbonyl (C=O) groups is 3. The van der Waals surface area contributed by atoms with Crippen molar-refractivity contribution in [2.45, 2.75) is 399 Å². The van der Waals surface area contributed by atoms with E-state index in [0.717, 1.165) is 77.0 Å². The summed E-state index contributed by atoms with van der Waals surface area (Å²) in [7, 11) is 0. The third kappa shape index (κ3) is 64.6. The highest BCUT2D eigenvalue weighted by atomic mass is 16.6. The van der Waals surface area contributed by atoms with Gasteiger partial charge in [0.05, 0.1) is 0 Å². The minimum Gasteiger partial charge on any atom is -0.462 e. The summed E-state index contributed by atoms with van der Waals surface area (Å²) in [5.74, 6) is -0.854. The fourth-order valence-electron chi connectivity index (χ4n) is 10.7. The molecule has 0 saturated carbocycles. The van der Waals surface area contributed by atoms with Gasteiger partial charge in [-0.1, -0.05) is 353 Å². The van der Waals surface area contributed by atoms with E-state index in [1.54, 1.807) is 0 Å². The lowest BCUT2D eigenvalue weighted by atomic mass is 10.0. The third-order valence-electron chi connectivity index (χ3n) is 16.0. The number of esters is 3. The van der Waals surface area contributed by atoms with Gasteiger partial charge in [-0.15, -0.1) is 0 Å². The summed E-state index contributed by atoms with van der Waals surface area (Å²) in [5.41, 5.74) is 0. The van der Waals surface area contributed by atoms with Gasteiger partial charge in [0.25, 0.3) is 0 Å². The molecule has 1 atom stereocenters. The molecule has 0 saturated heterocycles. The maximum atomic E-state index is 12.9. The first-order valence-electron chi connectivity index (χ1n) is 34.8. The van der Waals surface area contributed by atoms with Gasteiger partial charge in [0.15, 0.2) is 6.10 Å². The molecule has 0 fully saturated rings. The van der Waals surface area contributed by atoms with E-state index in [9.17, 15) is 14.4 Å². The molecular weight excluding hydrogens is 949 g/mol. The van der Waals surface area contributed by atoms with Crippen LogP contribution in [0.15, 0.2) is 24.3 Å². The average molecular weight is 1080 g/mol. The molecule has 0 aliphatic rings. The monoisotopic (exact) mass is 1080 g/mol. The highest BCUT2D eigenvalue weighted by Crippen LogP contribution is 2.19. The molecule has 0 amide bonds. The van der Waals surface area contributed by atoms with Crippen LogP contribution in [0.5, 0.6) is 0 Å². The Balaban J connectivity index is 4.15. The Morgan fingerprint density at radius 3 is 0.753 bits per heavy atom. The number of rotatable bonds is 65. The Kier molecular flexibility index (Phi) is 64.6. The number of hydrogen-bond acceptors (Lipinski definition) is 6. The molecule has 454 valence electrons. The Hall–Kier alpha value is -2.11. The van der Waals surface area contributed by atoms with Gasteiger partial charge in [-0.2, -0.15) is 0 Å². The summed E-state index contributed by atoms with van der Waals surface area (Å²) in [4.78, 5) is 38.3. The normalized spacial score (nSPS) is 12.1. The van der Waals surface area contributed by atoms with Crippen LogP contribution in [0.3, 0.4) is 0 Å². The second-order valence-corrected chi connectivity index (χ2v) is 23.8. The summed E-state index contributed by atoms with van der Waals surface area (Å²) in [5, 5.41) is 0. The standard InChI is InChI=1S/C71H134O6/c1-4-7-10-13-16-19-22-25-28-30-31-32-33-34-35-36-37-38-39-40-41-42-44-46-49-52-55-58-61-64-70(73)76-67-68(66-75-69(72)63-60-57-54-51-48-45-27-24-21-18-15-12-9-6-3)77-71(74)65-62-59-56-53-50-47-43-29-26-23-20-17-14-11-8-5-2/h15,18,24,27,68H,4-14,16-17,19-23,25-26,28-67H2,1-3H3/b18-15-,27-24-. The molecule has 0 aromatic heterocycles. The van der Waals surface area contributed by atoms with Gasteiger partial charge in [-0.05, 0) is 44.9 Å². The van der Waals surface area contributed by atoms with Crippen molar-refractivity contribution in [3.8, 4) is 0 Å². The topological polar surface area (TPSA) is 78.9 Å². The van der Waals surface area contributed by atoms with Crippen LogP contribution in [0.1, 0.15) is 393 Å². The number of unbranched alkanes of at least 4 members (excludes halogenated alkanes) is 50. The van der Waals surface area contributed by atoms with Crippen molar-refractivity contribution >= 4 is 17.9 Å². The highest BCUT2D eigenvalue weighted by molar-refractivity contribution is 5.71. The molecule has 0 N–H and O–H groups in total. The molecule has 0 aliphatic heterocycles. The summed E-state index contributed by atoms with van der Waals surface area (Å²) >= 11 is 0. The molecule has 0 radical (unpaired) electrons. The molecule has 0 aliphatic carbocycles. The van der Waals surface area contributed by atoms with Crippen LogP contribution in [0.4, 0.5) is 0 Å². The van der Waals surface area contributed by atoms with Gasteiger partial charge in [0, 0.05) is 19.3 Å². The quantitative estimate of drug-likeness (QED) is 0.0261. The molecule has 6 heteroatoms. The van der Waals surface area contributed by atoms with Crippen LogP contribution in [0.25, 0.3) is 0 Å². The van der Waals surface area contributed by atoms with Gasteiger partial charge in [-0.3, -0.25) is 14.4 Å². The molecule has 1 unspecified atom stereocenters. The summed E-state index contributed by atoms with van der Waals surface area (Å²) in [6.07, 6.45) is 80.7. The summed E-state index contributed by atoms with van der Waals surface area (Å²) < 4.78 is 17.0. The molecule has 77 heavy (non-hydrogen) atoms. The minimum atomic E-state index is -0.773. The first-order valence-corrected chi connectivity index (χ1v) is 34.8. The van der Waals surface area contributed by atoms with Gasteiger partial charge in [-0.25, -0.2) is 0 Å². The molecule has 0 heterocycles. The summed E-state index contributed by atoms with van der Waals surface area (Å²) in [6.45, 7) is 6.67. The van der Waals surface area contributed by atoms with Crippen molar-refractivity contribution in [2.24, 2.45) is 0 Å². The molecule has 0 bridgehead atoms. The number of allylic oxidation sites excluding steroid dienone is 4. The van der Waals surface area contributed by atoms with E-state index in [4.69, 9.17) is 14.2 Å². The van der Waals surface area contributed by atoms with Gasteiger partial charge >= 0.3 is 17.9 Å². The predicted molar refractivity (Wildman–Crippen MR) is 335 cm³/mol. The highest BCUT2D eigenvalue weighted by Gasteiger charge is 2.19. The Morgan fingerprint density at radius 2 is 0.481 bits per heavy atom. The van der Waals surface area contributed by atoms with Gasteiger partial charge < -0.3 is 14.2 Å². The second-order valence-electron chi connectivity index (χ2n) is 23.8. The van der Waals surface area contributed by atoms with Crippen LogP contribution >= 0.6 is 0 Å². The number of carbonyl (C=O) groups excluding carboxylic acids is 3. The smallest absolute Gasteiger partial charge is 0.306 e. The molecular formula is C71H134O6. The first-order chi connectivity index (χ1) is 38.0. The largest absolute Gasteiger partial charge is 0.462 e. The van der Waals surface area contributed by atoms with E-state index in [1.165, 1.54) is 276 Å². The van der Waals surface area contributed by atoms with Crippen molar-refractivity contribution in [1.82, 2.24) is 0 Å².